The predicted octanol–water partition coefficient (Wildman–Crippen LogP) is 3.09. The highest BCUT2D eigenvalue weighted by Gasteiger charge is 2.13. The number of hydrogen-bond donors (Lipinski definition) is 0. The van der Waals surface area contributed by atoms with Crippen molar-refractivity contribution in [1.82, 2.24) is 0 Å². The third kappa shape index (κ3) is 5.30. The average Bonchev–Trinajstić information content (AvgIpc) is 2.36. The Bertz CT molecular complexity index is 521. The molecule has 0 radical (unpaired) electrons. The van der Waals surface area contributed by atoms with Gasteiger partial charge in [-0.25, -0.2) is 4.21 Å². The summed E-state index contributed by atoms with van der Waals surface area (Å²) in [5, 5.41) is 0. The van der Waals surface area contributed by atoms with E-state index in [1.54, 1.807) is 12.5 Å². The third-order valence-electron chi connectivity index (χ3n) is 2.81. The number of ether oxygens (including phenoxy) is 2. The second-order valence-electron chi connectivity index (χ2n) is 5.05. The van der Waals surface area contributed by atoms with Crippen LogP contribution in [0.3, 0.4) is 0 Å². The molecule has 0 saturated carbocycles. The highest BCUT2D eigenvalue weighted by molar-refractivity contribution is 7.92. The lowest BCUT2D eigenvalue weighted by Crippen LogP contribution is -2.21. The summed E-state index contributed by atoms with van der Waals surface area (Å²) >= 11 is 0. The summed E-state index contributed by atoms with van der Waals surface area (Å²) in [6.45, 7) is 1.29. The van der Waals surface area contributed by atoms with Gasteiger partial charge in [0.25, 0.3) is 0 Å². The first-order valence-corrected chi connectivity index (χ1v) is 8.85. The van der Waals surface area contributed by atoms with Crippen molar-refractivity contribution in [1.29, 1.82) is 0 Å². The molecule has 1 unspecified atom stereocenters. The molecule has 0 spiro atoms. The molecule has 1 aromatic carbocycles. The van der Waals surface area contributed by atoms with Crippen LogP contribution in [0.15, 0.2) is 28.6 Å². The van der Waals surface area contributed by atoms with Gasteiger partial charge >= 0.3 is 0 Å². The molecule has 1 aromatic rings. The summed E-state index contributed by atoms with van der Waals surface area (Å²) in [6, 6.07) is 7.65. The first kappa shape index (κ1) is 14.5. The topological polar surface area (TPSA) is 47.9 Å². The predicted molar refractivity (Wildman–Crippen MR) is 76.9 cm³/mol. The van der Waals surface area contributed by atoms with Gasteiger partial charge in [-0.3, -0.25) is 0 Å². The van der Waals surface area contributed by atoms with Crippen LogP contribution in [-0.2, 0) is 25.8 Å². The Kier molecular flexibility index (Phi) is 4.96. The minimum absolute atomic E-state index is 0.0871. The molecule has 0 aliphatic carbocycles. The van der Waals surface area contributed by atoms with Gasteiger partial charge in [0, 0.05) is 28.8 Å². The molecule has 0 amide bonds. The maximum absolute atomic E-state index is 11.7. The van der Waals surface area contributed by atoms with Gasteiger partial charge in [0.2, 0.25) is 0 Å². The number of rotatable bonds is 4. The van der Waals surface area contributed by atoms with Crippen molar-refractivity contribution >= 4 is 15.4 Å². The van der Waals surface area contributed by atoms with Crippen LogP contribution in [-0.4, -0.2) is 29.6 Å². The summed E-state index contributed by atoms with van der Waals surface area (Å²) in [5.41, 5.74) is 1.76. The Labute approximate surface area is 115 Å². The molecule has 5 heteroatoms. The molecule has 19 heavy (non-hydrogen) atoms. The molecular weight excluding hydrogens is 262 g/mol. The maximum atomic E-state index is 11.7. The molecule has 1 saturated heterocycles. The van der Waals surface area contributed by atoms with Crippen LogP contribution < -0.4 is 0 Å². The standard InChI is InChI=1S/C14H21NO3S/c1-19(2,16)15-13-7-5-6-12(10-13)11-18-14-8-3-4-9-17-14/h5-7,10,14H,3-4,8-9,11H2,1-2H3. The van der Waals surface area contributed by atoms with Crippen molar-refractivity contribution in [2.24, 2.45) is 4.36 Å². The van der Waals surface area contributed by atoms with Gasteiger partial charge in [-0.15, -0.1) is 0 Å². The van der Waals surface area contributed by atoms with Crippen LogP contribution in [0, 0.1) is 0 Å². The van der Waals surface area contributed by atoms with Crippen molar-refractivity contribution in [3.8, 4) is 0 Å². The second kappa shape index (κ2) is 6.50. The van der Waals surface area contributed by atoms with Gasteiger partial charge < -0.3 is 9.47 Å². The van der Waals surface area contributed by atoms with E-state index in [2.05, 4.69) is 4.36 Å². The molecule has 2 rings (SSSR count). The molecule has 1 aliphatic rings. The van der Waals surface area contributed by atoms with E-state index in [0.29, 0.717) is 6.61 Å². The SMILES string of the molecule is CS(C)(=O)=Nc1cccc(COC2CCCCO2)c1. The van der Waals surface area contributed by atoms with Crippen molar-refractivity contribution in [3.63, 3.8) is 0 Å². The molecular formula is C14H21NO3S. The molecule has 0 bridgehead atoms. The maximum Gasteiger partial charge on any atom is 0.158 e. The fourth-order valence-corrected chi connectivity index (χ4v) is 2.61. The zero-order valence-electron chi connectivity index (χ0n) is 11.5. The Balaban J connectivity index is 1.97. The highest BCUT2D eigenvalue weighted by Crippen LogP contribution is 2.19. The second-order valence-corrected chi connectivity index (χ2v) is 7.59. The summed E-state index contributed by atoms with van der Waals surface area (Å²) in [6.07, 6.45) is 6.42. The van der Waals surface area contributed by atoms with Gasteiger partial charge in [-0.05, 0) is 37.0 Å². The van der Waals surface area contributed by atoms with E-state index in [9.17, 15) is 4.21 Å². The monoisotopic (exact) mass is 283 g/mol. The van der Waals surface area contributed by atoms with Gasteiger partial charge in [-0.2, -0.15) is 4.36 Å². The van der Waals surface area contributed by atoms with E-state index >= 15 is 0 Å². The lowest BCUT2D eigenvalue weighted by molar-refractivity contribution is -0.168. The normalized spacial score (nSPS) is 20.2. The molecule has 1 atom stereocenters. The molecule has 0 aromatic heterocycles. The molecule has 0 N–H and O–H groups in total. The van der Waals surface area contributed by atoms with Crippen molar-refractivity contribution in [2.45, 2.75) is 32.2 Å². The Morgan fingerprint density at radius 1 is 1.42 bits per heavy atom. The van der Waals surface area contributed by atoms with Gasteiger partial charge in [0.1, 0.15) is 0 Å². The molecule has 1 aliphatic heterocycles. The Morgan fingerprint density at radius 3 is 2.95 bits per heavy atom. The summed E-state index contributed by atoms with van der Waals surface area (Å²) in [4.78, 5) is 0. The lowest BCUT2D eigenvalue weighted by Gasteiger charge is -2.22. The van der Waals surface area contributed by atoms with Crippen LogP contribution >= 0.6 is 0 Å². The number of nitrogens with zero attached hydrogens (tertiary/aromatic N) is 1. The lowest BCUT2D eigenvalue weighted by atomic mass is 10.2. The Morgan fingerprint density at radius 2 is 2.26 bits per heavy atom. The minimum atomic E-state index is -2.12. The van der Waals surface area contributed by atoms with Crippen molar-refractivity contribution in [3.05, 3.63) is 29.8 Å². The van der Waals surface area contributed by atoms with Crippen LogP contribution in [0.2, 0.25) is 0 Å². The zero-order chi connectivity index (χ0) is 13.7. The number of benzene rings is 1. The highest BCUT2D eigenvalue weighted by atomic mass is 32.2. The average molecular weight is 283 g/mol. The summed E-state index contributed by atoms with van der Waals surface area (Å²) in [5.74, 6) is 0. The molecule has 1 heterocycles. The van der Waals surface area contributed by atoms with Crippen molar-refractivity contribution < 1.29 is 13.7 Å². The van der Waals surface area contributed by atoms with E-state index in [0.717, 1.165) is 37.1 Å². The Hall–Kier alpha value is -0.910. The smallest absolute Gasteiger partial charge is 0.158 e. The first-order valence-electron chi connectivity index (χ1n) is 6.52. The molecule has 106 valence electrons. The van der Waals surface area contributed by atoms with E-state index in [1.807, 2.05) is 24.3 Å². The van der Waals surface area contributed by atoms with Gasteiger partial charge in [-0.1, -0.05) is 12.1 Å². The van der Waals surface area contributed by atoms with E-state index < -0.39 is 9.73 Å². The number of hydrogen-bond acceptors (Lipinski definition) is 4. The van der Waals surface area contributed by atoms with Gasteiger partial charge in [0.15, 0.2) is 6.29 Å². The first-order chi connectivity index (χ1) is 9.03. The molecule has 4 nitrogen and oxygen atoms in total. The van der Waals surface area contributed by atoms with Gasteiger partial charge in [0.05, 0.1) is 12.3 Å². The quantitative estimate of drug-likeness (QED) is 0.853. The fourth-order valence-electron chi connectivity index (χ4n) is 1.99. The van der Waals surface area contributed by atoms with E-state index in [-0.39, 0.29) is 6.29 Å². The van der Waals surface area contributed by atoms with E-state index in [4.69, 9.17) is 9.47 Å². The van der Waals surface area contributed by atoms with Crippen molar-refractivity contribution in [2.75, 3.05) is 19.1 Å². The van der Waals surface area contributed by atoms with Crippen LogP contribution in [0.25, 0.3) is 0 Å². The van der Waals surface area contributed by atoms with Crippen LogP contribution in [0.5, 0.6) is 0 Å². The fraction of sp³-hybridized carbons (Fsp3) is 0.571. The van der Waals surface area contributed by atoms with Crippen LogP contribution in [0.4, 0.5) is 5.69 Å². The summed E-state index contributed by atoms with van der Waals surface area (Å²) in [7, 11) is -2.12. The summed E-state index contributed by atoms with van der Waals surface area (Å²) < 4.78 is 27.1. The minimum Gasteiger partial charge on any atom is -0.353 e. The molecule has 1 fully saturated rings. The van der Waals surface area contributed by atoms with E-state index in [1.165, 1.54) is 0 Å². The van der Waals surface area contributed by atoms with Crippen LogP contribution in [0.1, 0.15) is 24.8 Å². The zero-order valence-corrected chi connectivity index (χ0v) is 12.3. The largest absolute Gasteiger partial charge is 0.353 e. The third-order valence-corrected chi connectivity index (χ3v) is 3.46.